The van der Waals surface area contributed by atoms with Gasteiger partial charge in [-0.1, -0.05) is 24.6 Å². The van der Waals surface area contributed by atoms with E-state index in [1.165, 1.54) is 43.8 Å². The Labute approximate surface area is 222 Å². The summed E-state index contributed by atoms with van der Waals surface area (Å²) in [5.74, 6) is -0.508. The lowest BCUT2D eigenvalue weighted by Crippen LogP contribution is -2.56. The molecular weight excluding hydrogens is 517 g/mol. The minimum Gasteiger partial charge on any atom is -0.480 e. The van der Waals surface area contributed by atoms with Crippen LogP contribution in [0.1, 0.15) is 26.3 Å². The van der Waals surface area contributed by atoms with Crippen LogP contribution >= 0.6 is 11.6 Å². The largest absolute Gasteiger partial charge is 0.480 e. The average Bonchev–Trinajstić information content (AvgIpc) is 2.84. The number of nitrogens with one attached hydrogen (secondary N) is 1. The first kappa shape index (κ1) is 27.3. The Balaban J connectivity index is 1.52. The van der Waals surface area contributed by atoms with Gasteiger partial charge in [0.05, 0.1) is 23.5 Å². The van der Waals surface area contributed by atoms with Gasteiger partial charge in [0.25, 0.3) is 10.0 Å². The number of anilines is 1. The summed E-state index contributed by atoms with van der Waals surface area (Å²) in [6.45, 7) is 10.2. The lowest BCUT2D eigenvalue weighted by Gasteiger charge is -2.44. The van der Waals surface area contributed by atoms with Crippen LogP contribution in [0.25, 0.3) is 11.3 Å². The number of methoxy groups -OCH3 is 1. The van der Waals surface area contributed by atoms with Gasteiger partial charge in [-0.05, 0) is 56.3 Å². The number of piperazine rings is 1. The summed E-state index contributed by atoms with van der Waals surface area (Å²) >= 11 is 5.94. The van der Waals surface area contributed by atoms with Crippen LogP contribution in [0.3, 0.4) is 0 Å². The molecule has 0 radical (unpaired) electrons. The monoisotopic (exact) mass is 547 g/mol. The molecule has 2 atom stereocenters. The number of aromatic nitrogens is 2. The Morgan fingerprint density at radius 2 is 1.86 bits per heavy atom. The van der Waals surface area contributed by atoms with Gasteiger partial charge in [0.15, 0.2) is 4.90 Å². The number of ether oxygens (including phenoxy) is 1. The highest BCUT2D eigenvalue weighted by atomic mass is 35.5. The second kappa shape index (κ2) is 11.3. The summed E-state index contributed by atoms with van der Waals surface area (Å²) in [5.41, 5.74) is 1.68. The van der Waals surface area contributed by atoms with Crippen molar-refractivity contribution in [2.75, 3.05) is 31.5 Å². The minimum absolute atomic E-state index is 0.0901. The van der Waals surface area contributed by atoms with Crippen molar-refractivity contribution in [1.29, 1.82) is 0 Å². The van der Waals surface area contributed by atoms with E-state index in [-0.39, 0.29) is 27.0 Å². The summed E-state index contributed by atoms with van der Waals surface area (Å²) in [4.78, 5) is 12.8. The molecular formula is C26H31ClFN5O3S. The predicted molar refractivity (Wildman–Crippen MR) is 143 cm³/mol. The number of hydrogen-bond acceptors (Lipinski definition) is 7. The molecule has 11 heteroatoms. The lowest BCUT2D eigenvalue weighted by molar-refractivity contribution is 0.0392. The van der Waals surface area contributed by atoms with Crippen LogP contribution in [-0.4, -0.2) is 67.0 Å². The molecule has 0 saturated carbocycles. The molecule has 1 saturated heterocycles. The summed E-state index contributed by atoms with van der Waals surface area (Å²) in [5, 5.41) is 0.148. The Morgan fingerprint density at radius 1 is 1.14 bits per heavy atom. The Hall–Kier alpha value is -2.79. The summed E-state index contributed by atoms with van der Waals surface area (Å²) < 4.78 is 48.7. The first-order valence-corrected chi connectivity index (χ1v) is 13.9. The summed E-state index contributed by atoms with van der Waals surface area (Å²) in [6, 6.07) is 10.2. The van der Waals surface area contributed by atoms with Gasteiger partial charge in [-0.2, -0.15) is 0 Å². The third kappa shape index (κ3) is 6.20. The van der Waals surface area contributed by atoms with Gasteiger partial charge in [0.2, 0.25) is 5.88 Å². The van der Waals surface area contributed by atoms with Crippen LogP contribution in [0, 0.1) is 5.82 Å². The van der Waals surface area contributed by atoms with Crippen molar-refractivity contribution in [2.45, 2.75) is 44.3 Å². The molecule has 198 valence electrons. The number of sulfonamides is 1. The van der Waals surface area contributed by atoms with Crippen molar-refractivity contribution in [1.82, 2.24) is 19.8 Å². The number of rotatable bonds is 8. The Bertz CT molecular complexity index is 1360. The van der Waals surface area contributed by atoms with E-state index >= 15 is 4.39 Å². The third-order valence-electron chi connectivity index (χ3n) is 6.54. The van der Waals surface area contributed by atoms with Crippen molar-refractivity contribution in [3.8, 4) is 17.1 Å². The maximum absolute atomic E-state index is 15.2. The van der Waals surface area contributed by atoms with Gasteiger partial charge in [0.1, 0.15) is 5.82 Å². The lowest BCUT2D eigenvalue weighted by atomic mass is 10.0. The van der Waals surface area contributed by atoms with Crippen molar-refractivity contribution in [2.24, 2.45) is 0 Å². The molecule has 1 aliphatic heterocycles. The fourth-order valence-electron chi connectivity index (χ4n) is 4.95. The first-order valence-electron chi connectivity index (χ1n) is 12.1. The number of likely N-dealkylation sites (N-methyl/N-ethyl adjacent to an activating group) is 1. The van der Waals surface area contributed by atoms with Crippen molar-refractivity contribution in [3.63, 3.8) is 0 Å². The van der Waals surface area contributed by atoms with Crippen LogP contribution in [-0.2, 0) is 16.6 Å². The zero-order chi connectivity index (χ0) is 26.7. The van der Waals surface area contributed by atoms with Crippen LogP contribution in [0.15, 0.2) is 53.7 Å². The second-order valence-electron chi connectivity index (χ2n) is 9.23. The van der Waals surface area contributed by atoms with Crippen LogP contribution in [0.5, 0.6) is 5.88 Å². The molecule has 0 bridgehead atoms. The van der Waals surface area contributed by atoms with E-state index in [1.54, 1.807) is 6.07 Å². The van der Waals surface area contributed by atoms with Gasteiger partial charge in [0, 0.05) is 49.7 Å². The van der Waals surface area contributed by atoms with Gasteiger partial charge in [-0.3, -0.25) is 19.5 Å². The van der Waals surface area contributed by atoms with E-state index in [0.29, 0.717) is 24.3 Å². The van der Waals surface area contributed by atoms with E-state index in [4.69, 9.17) is 16.3 Å². The minimum atomic E-state index is -4.08. The second-order valence-corrected chi connectivity index (χ2v) is 11.3. The van der Waals surface area contributed by atoms with Crippen molar-refractivity contribution < 1.29 is 17.5 Å². The topological polar surface area (TPSA) is 87.7 Å². The Morgan fingerprint density at radius 3 is 2.51 bits per heavy atom. The SMILES string of the molecule is CCN1[C@H](C)CN(Cc2ccc(-c3cc(NS(=O)(=O)c4cc(Cl)cnc4OC)ccn3)c(F)c2)C[C@@H]1C. The number of benzene rings is 1. The van der Waals surface area contributed by atoms with E-state index in [1.807, 2.05) is 6.07 Å². The molecule has 1 aliphatic rings. The number of hydrogen-bond donors (Lipinski definition) is 1. The molecule has 1 aromatic carbocycles. The molecule has 0 amide bonds. The van der Waals surface area contributed by atoms with Crippen molar-refractivity contribution >= 4 is 27.3 Å². The molecule has 3 aromatic rings. The molecule has 4 rings (SSSR count). The molecule has 0 spiro atoms. The van der Waals surface area contributed by atoms with E-state index in [2.05, 4.69) is 45.3 Å². The maximum Gasteiger partial charge on any atom is 0.267 e. The number of pyridine rings is 2. The smallest absolute Gasteiger partial charge is 0.267 e. The van der Waals surface area contributed by atoms with Crippen LogP contribution in [0.4, 0.5) is 10.1 Å². The Kier molecular flexibility index (Phi) is 8.33. The first-order chi connectivity index (χ1) is 17.6. The predicted octanol–water partition coefficient (Wildman–Crippen LogP) is 4.66. The fraction of sp³-hybridized carbons (Fsp3) is 0.385. The van der Waals surface area contributed by atoms with E-state index in [0.717, 1.165) is 25.2 Å². The molecule has 2 aromatic heterocycles. The highest BCUT2D eigenvalue weighted by Crippen LogP contribution is 2.29. The van der Waals surface area contributed by atoms with Gasteiger partial charge in [-0.15, -0.1) is 0 Å². The molecule has 0 aliphatic carbocycles. The fourth-order valence-corrected chi connectivity index (χ4v) is 6.36. The van der Waals surface area contributed by atoms with Gasteiger partial charge in [-0.25, -0.2) is 17.8 Å². The molecule has 37 heavy (non-hydrogen) atoms. The molecule has 3 heterocycles. The van der Waals surface area contributed by atoms with Crippen molar-refractivity contribution in [3.05, 3.63) is 65.2 Å². The highest BCUT2D eigenvalue weighted by Gasteiger charge is 2.28. The normalized spacial score (nSPS) is 19.1. The standard InChI is InChI=1S/C26H31ClFN5O3S/c1-5-33-17(2)14-32(15-18(33)3)16-19-6-7-22(23(28)10-19)24-12-21(8-9-29-24)31-37(34,35)25-11-20(27)13-30-26(25)36-4/h6-13,17-18H,5,14-16H2,1-4H3,(H,29,31)/t17-,18+. The zero-order valence-electron chi connectivity index (χ0n) is 21.3. The van der Waals surface area contributed by atoms with Gasteiger partial charge < -0.3 is 4.74 Å². The summed E-state index contributed by atoms with van der Waals surface area (Å²) in [6.07, 6.45) is 2.71. The maximum atomic E-state index is 15.2. The van der Waals surface area contributed by atoms with Crippen LogP contribution < -0.4 is 9.46 Å². The molecule has 0 unspecified atom stereocenters. The molecule has 1 N–H and O–H groups in total. The summed E-state index contributed by atoms with van der Waals surface area (Å²) in [7, 11) is -2.76. The highest BCUT2D eigenvalue weighted by molar-refractivity contribution is 7.92. The zero-order valence-corrected chi connectivity index (χ0v) is 22.9. The number of halogens is 2. The van der Waals surface area contributed by atoms with Gasteiger partial charge >= 0.3 is 0 Å². The molecule has 1 fully saturated rings. The van der Waals surface area contributed by atoms with Crippen LogP contribution in [0.2, 0.25) is 5.02 Å². The van der Waals surface area contributed by atoms with E-state index < -0.39 is 15.8 Å². The average molecular weight is 548 g/mol. The quantitative estimate of drug-likeness (QED) is 0.439. The molecule has 8 nitrogen and oxygen atoms in total. The van der Waals surface area contributed by atoms with E-state index in [9.17, 15) is 8.42 Å². The number of nitrogens with zero attached hydrogens (tertiary/aromatic N) is 4. The third-order valence-corrected chi connectivity index (χ3v) is 8.12.